The van der Waals surface area contributed by atoms with Crippen LogP contribution in [0, 0.1) is 13.8 Å². The van der Waals surface area contributed by atoms with Gasteiger partial charge >= 0.3 is 6.03 Å². The summed E-state index contributed by atoms with van der Waals surface area (Å²) in [4.78, 5) is 12.0. The van der Waals surface area contributed by atoms with Gasteiger partial charge < -0.3 is 10.6 Å². The minimum Gasteiger partial charge on any atom is -0.336 e. The van der Waals surface area contributed by atoms with E-state index < -0.39 is 0 Å². The van der Waals surface area contributed by atoms with E-state index in [0.29, 0.717) is 0 Å². The third-order valence-electron chi connectivity index (χ3n) is 3.48. The maximum absolute atomic E-state index is 12.0. The fourth-order valence-corrected chi connectivity index (χ4v) is 2.91. The fraction of sp³-hybridized carbons (Fsp3) is 0.714. The summed E-state index contributed by atoms with van der Waals surface area (Å²) in [5.41, 5.74) is 3.15. The Morgan fingerprint density at radius 1 is 1.35 bits per heavy atom. The minimum absolute atomic E-state index is 0.0450. The number of nitrogens with one attached hydrogen (secondary N) is 2. The molecule has 0 aliphatic carbocycles. The van der Waals surface area contributed by atoms with Gasteiger partial charge in [0, 0.05) is 24.3 Å². The van der Waals surface area contributed by atoms with E-state index in [1.165, 1.54) is 0 Å². The van der Waals surface area contributed by atoms with Gasteiger partial charge in [-0.05, 0) is 46.1 Å². The number of carbonyl (C=O) groups is 1. The quantitative estimate of drug-likeness (QED) is 0.848. The van der Waals surface area contributed by atoms with Crippen LogP contribution in [0.1, 0.15) is 43.3 Å². The maximum Gasteiger partial charge on any atom is 0.315 e. The zero-order chi connectivity index (χ0) is 15.3. The number of urea groups is 1. The van der Waals surface area contributed by atoms with E-state index in [1.807, 2.05) is 39.4 Å². The lowest BCUT2D eigenvalue weighted by Crippen LogP contribution is -2.42. The Bertz CT molecular complexity index is 458. The molecule has 2 N–H and O–H groups in total. The monoisotopic (exact) mass is 298 g/mol. The molecular weight excluding hydrogens is 272 g/mol. The number of aryl methyl sites for hydroxylation is 2. The molecule has 1 rings (SSSR count). The number of amides is 2. The van der Waals surface area contributed by atoms with E-state index in [4.69, 9.17) is 0 Å². The van der Waals surface area contributed by atoms with Crippen LogP contribution in [-0.2, 0) is 7.05 Å². The summed E-state index contributed by atoms with van der Waals surface area (Å²) < 4.78 is 1.85. The van der Waals surface area contributed by atoms with Gasteiger partial charge in [0.1, 0.15) is 0 Å². The Morgan fingerprint density at radius 3 is 2.50 bits per heavy atom. The lowest BCUT2D eigenvalue weighted by atomic mass is 10.1. The SMILES string of the molecule is CSCCC(C)NC(=O)NC(C)c1c(C)nn(C)c1C. The highest BCUT2D eigenvalue weighted by Gasteiger charge is 2.18. The molecule has 1 aromatic heterocycles. The molecule has 2 unspecified atom stereocenters. The number of aromatic nitrogens is 2. The van der Waals surface area contributed by atoms with Crippen molar-refractivity contribution >= 4 is 17.8 Å². The van der Waals surface area contributed by atoms with Gasteiger partial charge in [-0.2, -0.15) is 16.9 Å². The van der Waals surface area contributed by atoms with Crippen LogP contribution in [0.25, 0.3) is 0 Å². The van der Waals surface area contributed by atoms with Crippen LogP contribution in [0.3, 0.4) is 0 Å². The van der Waals surface area contributed by atoms with Crippen LogP contribution in [0.2, 0.25) is 0 Å². The highest BCUT2D eigenvalue weighted by molar-refractivity contribution is 7.98. The molecule has 0 bridgehead atoms. The zero-order valence-corrected chi connectivity index (χ0v) is 14.1. The molecule has 1 aromatic rings. The number of nitrogens with zero attached hydrogens (tertiary/aromatic N) is 2. The topological polar surface area (TPSA) is 59.0 Å². The van der Waals surface area contributed by atoms with Gasteiger partial charge in [-0.1, -0.05) is 0 Å². The molecule has 0 aromatic carbocycles. The Balaban J connectivity index is 2.57. The average molecular weight is 298 g/mol. The van der Waals surface area contributed by atoms with E-state index in [1.54, 1.807) is 11.8 Å². The predicted molar refractivity (Wildman–Crippen MR) is 85.2 cm³/mol. The highest BCUT2D eigenvalue weighted by atomic mass is 32.2. The molecular formula is C14H26N4OS. The first kappa shape index (κ1) is 16.9. The minimum atomic E-state index is -0.117. The Morgan fingerprint density at radius 2 is 2.00 bits per heavy atom. The van der Waals surface area contributed by atoms with Crippen molar-refractivity contribution in [3.63, 3.8) is 0 Å². The summed E-state index contributed by atoms with van der Waals surface area (Å²) in [6.45, 7) is 8.01. The highest BCUT2D eigenvalue weighted by Crippen LogP contribution is 2.20. The molecule has 0 aliphatic rings. The summed E-state index contributed by atoms with van der Waals surface area (Å²) in [5, 5.41) is 10.3. The lowest BCUT2D eigenvalue weighted by molar-refractivity contribution is 0.234. The normalized spacial score (nSPS) is 13.9. The van der Waals surface area contributed by atoms with Gasteiger partial charge in [0.25, 0.3) is 0 Å². The largest absolute Gasteiger partial charge is 0.336 e. The van der Waals surface area contributed by atoms with Crippen LogP contribution >= 0.6 is 11.8 Å². The molecule has 20 heavy (non-hydrogen) atoms. The second-order valence-corrected chi connectivity index (χ2v) is 6.22. The van der Waals surface area contributed by atoms with Crippen molar-refractivity contribution in [2.24, 2.45) is 7.05 Å². The summed E-state index contributed by atoms with van der Waals surface area (Å²) >= 11 is 1.79. The van der Waals surface area contributed by atoms with Gasteiger partial charge in [-0.15, -0.1) is 0 Å². The first-order valence-electron chi connectivity index (χ1n) is 6.92. The molecule has 114 valence electrons. The van der Waals surface area contributed by atoms with Crippen LogP contribution in [0.15, 0.2) is 0 Å². The summed E-state index contributed by atoms with van der Waals surface area (Å²) in [6, 6.07) is 0.0240. The van der Waals surface area contributed by atoms with Crippen LogP contribution in [-0.4, -0.2) is 33.9 Å². The molecule has 5 nitrogen and oxygen atoms in total. The van der Waals surface area contributed by atoms with E-state index in [2.05, 4.69) is 22.0 Å². The number of hydrogen-bond donors (Lipinski definition) is 2. The molecule has 0 spiro atoms. The number of thioether (sulfide) groups is 1. The van der Waals surface area contributed by atoms with Crippen molar-refractivity contribution < 1.29 is 4.79 Å². The molecule has 1 heterocycles. The van der Waals surface area contributed by atoms with Gasteiger partial charge in [0.2, 0.25) is 0 Å². The lowest BCUT2D eigenvalue weighted by Gasteiger charge is -2.18. The number of hydrogen-bond acceptors (Lipinski definition) is 3. The molecule has 6 heteroatoms. The van der Waals surface area contributed by atoms with Gasteiger partial charge in [-0.25, -0.2) is 4.79 Å². The third kappa shape index (κ3) is 4.44. The van der Waals surface area contributed by atoms with Crippen molar-refractivity contribution in [3.05, 3.63) is 17.0 Å². The Kier molecular flexibility index (Phi) is 6.39. The molecule has 2 amide bonds. The summed E-state index contributed by atoms with van der Waals surface area (Å²) in [7, 11) is 1.92. The van der Waals surface area contributed by atoms with E-state index >= 15 is 0 Å². The summed E-state index contributed by atoms with van der Waals surface area (Å²) in [5.74, 6) is 1.05. The van der Waals surface area contributed by atoms with Crippen molar-refractivity contribution in [1.82, 2.24) is 20.4 Å². The van der Waals surface area contributed by atoms with E-state index in [0.717, 1.165) is 29.1 Å². The molecule has 0 saturated carbocycles. The molecule has 0 fully saturated rings. The molecule has 0 radical (unpaired) electrons. The molecule has 0 aliphatic heterocycles. The first-order valence-corrected chi connectivity index (χ1v) is 8.32. The van der Waals surface area contributed by atoms with Crippen LogP contribution < -0.4 is 10.6 Å². The Hall–Kier alpha value is -1.17. The Labute approximate surface area is 125 Å². The van der Waals surface area contributed by atoms with E-state index in [9.17, 15) is 4.79 Å². The second-order valence-electron chi connectivity index (χ2n) is 5.23. The van der Waals surface area contributed by atoms with Crippen LogP contribution in [0.5, 0.6) is 0 Å². The summed E-state index contributed by atoms with van der Waals surface area (Å²) in [6.07, 6.45) is 3.05. The second kappa shape index (κ2) is 7.57. The van der Waals surface area contributed by atoms with Gasteiger partial charge in [0.05, 0.1) is 11.7 Å². The molecule has 0 saturated heterocycles. The van der Waals surface area contributed by atoms with E-state index in [-0.39, 0.29) is 18.1 Å². The number of rotatable bonds is 6. The predicted octanol–water partition coefficient (Wildman–Crippen LogP) is 2.54. The maximum atomic E-state index is 12.0. The standard InChI is InChI=1S/C14H26N4OS/c1-9(7-8-20-6)15-14(19)16-10(2)13-11(3)17-18(5)12(13)4/h9-10H,7-8H2,1-6H3,(H2,15,16,19). The first-order chi connectivity index (χ1) is 9.36. The van der Waals surface area contributed by atoms with Gasteiger partial charge in [-0.3, -0.25) is 4.68 Å². The fourth-order valence-electron chi connectivity index (χ4n) is 2.32. The van der Waals surface area contributed by atoms with Crippen molar-refractivity contribution in [2.75, 3.05) is 12.0 Å². The van der Waals surface area contributed by atoms with Crippen molar-refractivity contribution in [3.8, 4) is 0 Å². The van der Waals surface area contributed by atoms with Crippen molar-refractivity contribution in [2.45, 2.75) is 46.2 Å². The zero-order valence-electron chi connectivity index (χ0n) is 13.3. The smallest absolute Gasteiger partial charge is 0.315 e. The molecule has 2 atom stereocenters. The average Bonchev–Trinajstić information content (AvgIpc) is 2.60. The third-order valence-corrected chi connectivity index (χ3v) is 4.12. The van der Waals surface area contributed by atoms with Crippen LogP contribution in [0.4, 0.5) is 4.79 Å². The van der Waals surface area contributed by atoms with Gasteiger partial charge in [0.15, 0.2) is 0 Å². The number of carbonyl (C=O) groups excluding carboxylic acids is 1. The van der Waals surface area contributed by atoms with Crippen molar-refractivity contribution in [1.29, 1.82) is 0 Å².